The Bertz CT molecular complexity index is 1120. The highest BCUT2D eigenvalue weighted by atomic mass is 31.2. The molecule has 0 saturated heterocycles. The Labute approximate surface area is 333 Å². The van der Waals surface area contributed by atoms with E-state index in [9.17, 15) is 23.8 Å². The summed E-state index contributed by atoms with van der Waals surface area (Å²) in [6.45, 7) is 2.66. The van der Waals surface area contributed by atoms with Crippen LogP contribution in [0.4, 0.5) is 0 Å². The topological polar surface area (TPSA) is 172 Å². The highest BCUT2D eigenvalue weighted by Crippen LogP contribution is 2.43. The molecule has 318 valence electrons. The molecule has 0 amide bonds. The second-order valence-electron chi connectivity index (χ2n) is 14.1. The number of hydrogen-bond donors (Lipinski definition) is 3. The van der Waals surface area contributed by atoms with E-state index in [-0.39, 0.29) is 19.4 Å². The van der Waals surface area contributed by atoms with Gasteiger partial charge in [-0.2, -0.15) is 0 Å². The molecule has 0 aromatic carbocycles. The van der Waals surface area contributed by atoms with E-state index < -0.39 is 51.1 Å². The lowest BCUT2D eigenvalue weighted by molar-refractivity contribution is -0.161. The molecule has 0 aliphatic heterocycles. The maximum atomic E-state index is 12.6. The number of esters is 2. The van der Waals surface area contributed by atoms with Gasteiger partial charge in [-0.1, -0.05) is 159 Å². The van der Waals surface area contributed by atoms with Gasteiger partial charge in [0.05, 0.1) is 13.2 Å². The van der Waals surface area contributed by atoms with Crippen molar-refractivity contribution in [2.45, 2.75) is 187 Å². The summed E-state index contributed by atoms with van der Waals surface area (Å²) in [5, 5.41) is 8.87. The van der Waals surface area contributed by atoms with Crippen molar-refractivity contribution in [1.82, 2.24) is 0 Å². The van der Waals surface area contributed by atoms with E-state index in [0.29, 0.717) is 12.8 Å². The van der Waals surface area contributed by atoms with Crippen LogP contribution in [0.1, 0.15) is 174 Å². The maximum absolute atomic E-state index is 12.6. The molecule has 4 N–H and O–H groups in total. The number of hydrogen-bond acceptors (Lipinski definition) is 9. The van der Waals surface area contributed by atoms with Crippen molar-refractivity contribution in [2.24, 2.45) is 5.73 Å². The van der Waals surface area contributed by atoms with Crippen LogP contribution in [-0.4, -0.2) is 59.9 Å². The van der Waals surface area contributed by atoms with Crippen LogP contribution in [0.25, 0.3) is 0 Å². The van der Waals surface area contributed by atoms with E-state index >= 15 is 0 Å². The Morgan fingerprint density at radius 2 is 1.02 bits per heavy atom. The zero-order valence-electron chi connectivity index (χ0n) is 34.3. The Morgan fingerprint density at radius 3 is 1.53 bits per heavy atom. The zero-order chi connectivity index (χ0) is 40.7. The summed E-state index contributed by atoms with van der Waals surface area (Å²) in [6.07, 6.45) is 41.8. The SMILES string of the molecule is CC/C=C\C/C=C\C/C=C\C/C=C\CCCCCCCCCCC(=O)OC(COC(=O)CCCCCCCCCCCC)COP(=O)(O)OCC(N)C(=O)O. The van der Waals surface area contributed by atoms with E-state index in [1.165, 1.54) is 57.8 Å². The number of carboxylic acids is 1. The molecule has 0 heterocycles. The molecule has 3 unspecified atom stereocenters. The first-order chi connectivity index (χ1) is 26.6. The minimum Gasteiger partial charge on any atom is -0.480 e. The Morgan fingerprint density at radius 1 is 0.582 bits per heavy atom. The number of aliphatic carboxylic acids is 1. The van der Waals surface area contributed by atoms with Gasteiger partial charge in [0, 0.05) is 12.8 Å². The van der Waals surface area contributed by atoms with Gasteiger partial charge in [-0.3, -0.25) is 23.4 Å². The quantitative estimate of drug-likeness (QED) is 0.0234. The molecule has 11 nitrogen and oxygen atoms in total. The average Bonchev–Trinajstić information content (AvgIpc) is 3.16. The summed E-state index contributed by atoms with van der Waals surface area (Å²) >= 11 is 0. The van der Waals surface area contributed by atoms with E-state index in [4.69, 9.17) is 24.8 Å². The van der Waals surface area contributed by atoms with Crippen molar-refractivity contribution in [3.05, 3.63) is 48.6 Å². The lowest BCUT2D eigenvalue weighted by Gasteiger charge is -2.20. The minimum absolute atomic E-state index is 0.151. The predicted molar refractivity (Wildman–Crippen MR) is 222 cm³/mol. The van der Waals surface area contributed by atoms with Gasteiger partial charge in [0.25, 0.3) is 0 Å². The summed E-state index contributed by atoms with van der Waals surface area (Å²) in [6, 6.07) is -1.52. The summed E-state index contributed by atoms with van der Waals surface area (Å²) in [5.41, 5.74) is 5.32. The van der Waals surface area contributed by atoms with Gasteiger partial charge in [-0.15, -0.1) is 0 Å². The summed E-state index contributed by atoms with van der Waals surface area (Å²) in [7, 11) is -4.71. The fourth-order valence-corrected chi connectivity index (χ4v) is 6.30. The molecule has 0 spiro atoms. The van der Waals surface area contributed by atoms with Gasteiger partial charge in [-0.05, 0) is 51.4 Å². The van der Waals surface area contributed by atoms with Gasteiger partial charge in [0.1, 0.15) is 12.6 Å². The number of unbranched alkanes of at least 4 members (excludes halogenated alkanes) is 17. The average molecular weight is 798 g/mol. The lowest BCUT2D eigenvalue weighted by Crippen LogP contribution is -2.34. The van der Waals surface area contributed by atoms with Crippen molar-refractivity contribution in [3.63, 3.8) is 0 Å². The molecular formula is C43H76NO10P. The van der Waals surface area contributed by atoms with Crippen LogP contribution in [0.2, 0.25) is 0 Å². The second kappa shape index (κ2) is 38.3. The number of rotatable bonds is 39. The summed E-state index contributed by atoms with van der Waals surface area (Å²) in [5.74, 6) is -2.39. The highest BCUT2D eigenvalue weighted by Gasteiger charge is 2.28. The molecular weight excluding hydrogens is 721 g/mol. The number of carbonyl (C=O) groups is 3. The number of carboxylic acid groups (broad SMARTS) is 1. The number of nitrogens with two attached hydrogens (primary N) is 1. The predicted octanol–water partition coefficient (Wildman–Crippen LogP) is 11.0. The van der Waals surface area contributed by atoms with E-state index in [1.54, 1.807) is 0 Å². The normalized spacial score (nSPS) is 14.3. The molecule has 0 rings (SSSR count). The van der Waals surface area contributed by atoms with Gasteiger partial charge in [-0.25, -0.2) is 4.57 Å². The molecule has 0 aliphatic carbocycles. The van der Waals surface area contributed by atoms with Crippen LogP contribution in [-0.2, 0) is 37.5 Å². The molecule has 0 bridgehead atoms. The van der Waals surface area contributed by atoms with Crippen LogP contribution >= 0.6 is 7.82 Å². The first kappa shape index (κ1) is 52.4. The molecule has 0 aromatic heterocycles. The van der Waals surface area contributed by atoms with Crippen molar-refractivity contribution < 1.29 is 47.5 Å². The van der Waals surface area contributed by atoms with Gasteiger partial charge in [0.2, 0.25) is 0 Å². The Balaban J connectivity index is 4.33. The van der Waals surface area contributed by atoms with Gasteiger partial charge < -0.3 is 25.2 Å². The van der Waals surface area contributed by atoms with Crippen molar-refractivity contribution in [3.8, 4) is 0 Å². The monoisotopic (exact) mass is 798 g/mol. The van der Waals surface area contributed by atoms with Crippen LogP contribution in [0.3, 0.4) is 0 Å². The first-order valence-electron chi connectivity index (χ1n) is 21.2. The van der Waals surface area contributed by atoms with E-state index in [1.807, 2.05) is 0 Å². The summed E-state index contributed by atoms with van der Waals surface area (Å²) < 4.78 is 32.6. The maximum Gasteiger partial charge on any atom is 0.472 e. The second-order valence-corrected chi connectivity index (χ2v) is 15.6. The minimum atomic E-state index is -4.71. The molecule has 0 fully saturated rings. The number of phosphoric ester groups is 1. The van der Waals surface area contributed by atoms with Crippen LogP contribution in [0.5, 0.6) is 0 Å². The number of ether oxygens (including phenoxy) is 2. The molecule has 55 heavy (non-hydrogen) atoms. The smallest absolute Gasteiger partial charge is 0.472 e. The van der Waals surface area contributed by atoms with E-state index in [2.05, 4.69) is 67.0 Å². The third-order valence-electron chi connectivity index (χ3n) is 8.84. The molecule has 0 aromatic rings. The lowest BCUT2D eigenvalue weighted by atomic mass is 10.1. The first-order valence-corrected chi connectivity index (χ1v) is 22.7. The third-order valence-corrected chi connectivity index (χ3v) is 9.79. The summed E-state index contributed by atoms with van der Waals surface area (Å²) in [4.78, 5) is 45.8. The van der Waals surface area contributed by atoms with Gasteiger partial charge in [0.15, 0.2) is 6.10 Å². The number of carbonyl (C=O) groups excluding carboxylic acids is 2. The molecule has 0 aliphatic rings. The highest BCUT2D eigenvalue weighted by molar-refractivity contribution is 7.47. The zero-order valence-corrected chi connectivity index (χ0v) is 35.2. The molecule has 3 atom stereocenters. The largest absolute Gasteiger partial charge is 0.480 e. The van der Waals surface area contributed by atoms with Crippen LogP contribution < -0.4 is 5.73 Å². The van der Waals surface area contributed by atoms with Crippen LogP contribution in [0.15, 0.2) is 48.6 Å². The van der Waals surface area contributed by atoms with Crippen molar-refractivity contribution in [1.29, 1.82) is 0 Å². The number of phosphoric acid groups is 1. The van der Waals surface area contributed by atoms with Crippen molar-refractivity contribution >= 4 is 25.7 Å². The molecule has 0 radical (unpaired) electrons. The standard InChI is InChI=1S/C43H76NO10P/c1-3-5-7-9-11-13-15-16-17-18-19-20-21-22-23-24-25-27-29-31-33-35-42(46)54-39(37-52-55(49,50)53-38-40(44)43(47)48)36-51-41(45)34-32-30-28-26-14-12-10-8-6-4-2/h5,7,11,13,16-17,19-20,39-40H,3-4,6,8-10,12,14-15,18,21-38,44H2,1-2H3,(H,47,48)(H,49,50)/b7-5-,13-11-,17-16-,20-19-. The Hall–Kier alpha value is -2.56. The van der Waals surface area contributed by atoms with Crippen molar-refractivity contribution in [2.75, 3.05) is 19.8 Å². The fraction of sp³-hybridized carbons (Fsp3) is 0.744. The number of allylic oxidation sites excluding steroid dienone is 8. The third kappa shape index (κ3) is 38.1. The molecule has 12 heteroatoms. The van der Waals surface area contributed by atoms with Gasteiger partial charge >= 0.3 is 25.7 Å². The Kier molecular flexibility index (Phi) is 36.5. The van der Waals surface area contributed by atoms with Crippen LogP contribution in [0, 0.1) is 0 Å². The van der Waals surface area contributed by atoms with E-state index in [0.717, 1.165) is 77.0 Å². The molecule has 0 saturated carbocycles. The fourth-order valence-electron chi connectivity index (χ4n) is 5.53.